The second kappa shape index (κ2) is 9.95. The molecule has 1 atom stereocenters. The zero-order valence-electron chi connectivity index (χ0n) is 21.3. The molecule has 2 saturated heterocycles. The molecule has 0 aromatic heterocycles. The van der Waals surface area contributed by atoms with Gasteiger partial charge in [-0.05, 0) is 70.2 Å². The molecule has 0 bridgehead atoms. The first-order valence-corrected chi connectivity index (χ1v) is 15.0. The minimum atomic E-state index is -3.24. The summed E-state index contributed by atoms with van der Waals surface area (Å²) >= 11 is 0. The molecule has 4 aliphatic rings. The Balaban J connectivity index is 1.19. The zero-order chi connectivity index (χ0) is 25.5. The summed E-state index contributed by atoms with van der Waals surface area (Å²) < 4.78 is 36.9. The molecule has 9 nitrogen and oxygen atoms in total. The first-order chi connectivity index (χ1) is 17.1. The van der Waals surface area contributed by atoms with Crippen LogP contribution in [0.2, 0.25) is 0 Å². The van der Waals surface area contributed by atoms with Crippen LogP contribution in [0.25, 0.3) is 0 Å². The average molecular weight is 520 g/mol. The number of carbonyl (C=O) groups excluding carboxylic acids is 2. The van der Waals surface area contributed by atoms with Crippen molar-refractivity contribution < 1.29 is 27.5 Å². The molecule has 1 spiro atoms. The van der Waals surface area contributed by atoms with Crippen LogP contribution in [0.5, 0.6) is 5.75 Å². The van der Waals surface area contributed by atoms with Gasteiger partial charge in [0.25, 0.3) is 0 Å². The summed E-state index contributed by atoms with van der Waals surface area (Å²) in [5, 5.41) is 0. The quantitative estimate of drug-likeness (QED) is 0.510. The largest absolute Gasteiger partial charge is 0.489 e. The molecule has 10 heteroatoms. The monoisotopic (exact) mass is 519 g/mol. The van der Waals surface area contributed by atoms with E-state index < -0.39 is 15.6 Å². The number of rotatable bonds is 7. The van der Waals surface area contributed by atoms with Gasteiger partial charge in [0.2, 0.25) is 15.9 Å². The first kappa shape index (κ1) is 25.5. The van der Waals surface area contributed by atoms with Crippen LogP contribution < -0.4 is 4.74 Å². The lowest BCUT2D eigenvalue weighted by molar-refractivity contribution is -0.137. The van der Waals surface area contributed by atoms with Crippen molar-refractivity contribution in [3.8, 4) is 5.75 Å². The number of benzene rings is 1. The Morgan fingerprint density at radius 3 is 2.56 bits per heavy atom. The molecular weight excluding hydrogens is 482 g/mol. The number of ether oxygens (including phenoxy) is 2. The summed E-state index contributed by atoms with van der Waals surface area (Å²) in [5.41, 5.74) is 0.714. The maximum atomic E-state index is 13.1. The van der Waals surface area contributed by atoms with E-state index in [2.05, 4.69) is 4.90 Å². The second-order valence-corrected chi connectivity index (χ2v) is 12.8. The van der Waals surface area contributed by atoms with Crippen LogP contribution in [-0.4, -0.2) is 93.1 Å². The van der Waals surface area contributed by atoms with E-state index in [9.17, 15) is 18.0 Å². The number of likely N-dealkylation sites (N-methyl/N-ethyl adjacent to an activating group) is 1. The summed E-state index contributed by atoms with van der Waals surface area (Å²) in [4.78, 5) is 30.1. The van der Waals surface area contributed by atoms with Crippen LogP contribution in [-0.2, 0) is 25.2 Å². The van der Waals surface area contributed by atoms with Crippen molar-refractivity contribution in [1.29, 1.82) is 0 Å². The first-order valence-electron chi connectivity index (χ1n) is 13.1. The maximum absolute atomic E-state index is 13.1. The number of sulfonamides is 1. The maximum Gasteiger partial charge on any atom is 0.339 e. The van der Waals surface area contributed by atoms with E-state index in [1.54, 1.807) is 6.07 Å². The molecule has 0 N–H and O–H groups in total. The number of esters is 1. The lowest BCUT2D eigenvalue weighted by Gasteiger charge is -2.37. The summed E-state index contributed by atoms with van der Waals surface area (Å²) in [6, 6.07) is 5.47. The highest BCUT2D eigenvalue weighted by Gasteiger charge is 2.49. The van der Waals surface area contributed by atoms with E-state index in [0.29, 0.717) is 56.5 Å². The van der Waals surface area contributed by atoms with E-state index in [4.69, 9.17) is 9.47 Å². The van der Waals surface area contributed by atoms with Gasteiger partial charge in [0.05, 0.1) is 18.4 Å². The van der Waals surface area contributed by atoms with Crippen LogP contribution in [0.3, 0.4) is 0 Å². The Hall–Kier alpha value is -2.17. The minimum absolute atomic E-state index is 0.0373. The summed E-state index contributed by atoms with van der Waals surface area (Å²) in [6.07, 6.45) is 6.73. The molecule has 1 unspecified atom stereocenters. The lowest BCUT2D eigenvalue weighted by Crippen LogP contribution is -2.41. The predicted molar refractivity (Wildman–Crippen MR) is 134 cm³/mol. The standard InChI is InChI=1S/C26H37N3O6S/c1-27(15-16-28-12-3-4-13-28)24(30)19-7-10-26(11-8-19)23-6-5-20(17-22(23)25(31)35-26)34-21-9-14-29(18-21)36(2,32)33/h5-6,17,19,21H,3-4,7-16,18H2,1-2H3. The lowest BCUT2D eigenvalue weighted by atomic mass is 9.74. The fourth-order valence-electron chi connectivity index (χ4n) is 6.16. The molecule has 1 aromatic carbocycles. The van der Waals surface area contributed by atoms with Gasteiger partial charge in [-0.3, -0.25) is 4.79 Å². The summed E-state index contributed by atoms with van der Waals surface area (Å²) in [7, 11) is -1.34. The second-order valence-electron chi connectivity index (χ2n) is 10.8. The van der Waals surface area contributed by atoms with Crippen LogP contribution in [0.15, 0.2) is 18.2 Å². The van der Waals surface area contributed by atoms with Crippen LogP contribution >= 0.6 is 0 Å². The molecule has 1 aliphatic carbocycles. The highest BCUT2D eigenvalue weighted by Crippen LogP contribution is 2.49. The number of nitrogens with zero attached hydrogens (tertiary/aromatic N) is 3. The molecule has 1 aromatic rings. The van der Waals surface area contributed by atoms with Crippen LogP contribution in [0.1, 0.15) is 60.9 Å². The van der Waals surface area contributed by atoms with Gasteiger partial charge in [0.1, 0.15) is 17.5 Å². The minimum Gasteiger partial charge on any atom is -0.489 e. The fraction of sp³-hybridized carbons (Fsp3) is 0.692. The molecular formula is C26H37N3O6S. The van der Waals surface area contributed by atoms with E-state index in [0.717, 1.165) is 31.7 Å². The molecule has 5 rings (SSSR count). The average Bonchev–Trinajstić information content (AvgIpc) is 3.59. The molecule has 36 heavy (non-hydrogen) atoms. The Kier molecular flexibility index (Phi) is 7.04. The molecule has 198 valence electrons. The predicted octanol–water partition coefficient (Wildman–Crippen LogP) is 2.21. The SMILES string of the molecule is CN(CCN1CCCC1)C(=O)C1CCC2(CC1)OC(=O)c1cc(OC3CCN(S(C)(=O)=O)C3)ccc12. The van der Waals surface area contributed by atoms with Gasteiger partial charge in [-0.15, -0.1) is 0 Å². The van der Waals surface area contributed by atoms with Crippen molar-refractivity contribution >= 4 is 21.9 Å². The third-order valence-electron chi connectivity index (χ3n) is 8.34. The third-order valence-corrected chi connectivity index (χ3v) is 9.61. The summed E-state index contributed by atoms with van der Waals surface area (Å²) in [6.45, 7) is 4.70. The van der Waals surface area contributed by atoms with Gasteiger partial charge in [0.15, 0.2) is 0 Å². The smallest absolute Gasteiger partial charge is 0.339 e. The highest BCUT2D eigenvalue weighted by molar-refractivity contribution is 7.88. The van der Waals surface area contributed by atoms with Crippen molar-refractivity contribution in [2.45, 2.75) is 56.7 Å². The van der Waals surface area contributed by atoms with Gasteiger partial charge in [-0.25, -0.2) is 13.2 Å². The van der Waals surface area contributed by atoms with E-state index in [1.165, 1.54) is 23.4 Å². The van der Waals surface area contributed by atoms with Crippen LogP contribution in [0.4, 0.5) is 0 Å². The third kappa shape index (κ3) is 5.13. The Morgan fingerprint density at radius 1 is 1.17 bits per heavy atom. The Labute approximate surface area is 213 Å². The number of hydrogen-bond acceptors (Lipinski definition) is 7. The zero-order valence-corrected chi connectivity index (χ0v) is 22.1. The summed E-state index contributed by atoms with van der Waals surface area (Å²) in [5.74, 6) is 0.348. The number of amides is 1. The molecule has 3 fully saturated rings. The highest BCUT2D eigenvalue weighted by atomic mass is 32.2. The molecule has 3 aliphatic heterocycles. The topological polar surface area (TPSA) is 96.5 Å². The molecule has 0 radical (unpaired) electrons. The fourth-order valence-corrected chi connectivity index (χ4v) is 7.03. The Bertz CT molecular complexity index is 1110. The molecule has 1 amide bonds. The molecule has 1 saturated carbocycles. The number of carbonyl (C=O) groups is 2. The van der Waals surface area contributed by atoms with E-state index in [-0.39, 0.29) is 23.9 Å². The van der Waals surface area contributed by atoms with Crippen LogP contribution in [0, 0.1) is 5.92 Å². The molecule has 3 heterocycles. The van der Waals surface area contributed by atoms with Crippen molar-refractivity contribution in [2.75, 3.05) is 52.6 Å². The normalized spacial score (nSPS) is 28.9. The number of likely N-dealkylation sites (tertiary alicyclic amines) is 1. The van der Waals surface area contributed by atoms with Gasteiger partial charge in [0, 0.05) is 38.2 Å². The van der Waals surface area contributed by atoms with Crippen molar-refractivity contribution in [2.24, 2.45) is 5.92 Å². The van der Waals surface area contributed by atoms with Crippen molar-refractivity contribution in [3.05, 3.63) is 29.3 Å². The van der Waals surface area contributed by atoms with Gasteiger partial charge in [-0.1, -0.05) is 6.07 Å². The van der Waals surface area contributed by atoms with Crippen molar-refractivity contribution in [3.63, 3.8) is 0 Å². The Morgan fingerprint density at radius 2 is 1.89 bits per heavy atom. The number of fused-ring (bicyclic) bond motifs is 2. The number of hydrogen-bond donors (Lipinski definition) is 0. The van der Waals surface area contributed by atoms with Crippen molar-refractivity contribution in [1.82, 2.24) is 14.1 Å². The van der Waals surface area contributed by atoms with Gasteiger partial charge in [-0.2, -0.15) is 4.31 Å². The van der Waals surface area contributed by atoms with Gasteiger partial charge < -0.3 is 19.3 Å². The van der Waals surface area contributed by atoms with Gasteiger partial charge >= 0.3 is 5.97 Å². The van der Waals surface area contributed by atoms with E-state index >= 15 is 0 Å². The van der Waals surface area contributed by atoms with E-state index in [1.807, 2.05) is 24.1 Å².